The molecule has 0 spiro atoms. The molecule has 3 fully saturated rings. The van der Waals surface area contributed by atoms with Gasteiger partial charge in [0.05, 0.1) is 28.1 Å². The van der Waals surface area contributed by atoms with Crippen molar-refractivity contribution in [1.82, 2.24) is 9.88 Å². The van der Waals surface area contributed by atoms with Crippen LogP contribution in [-0.4, -0.2) is 56.6 Å². The molecule has 8 atom stereocenters. The summed E-state index contributed by atoms with van der Waals surface area (Å²) in [4.78, 5) is 68.7. The zero-order chi connectivity index (χ0) is 33.5. The van der Waals surface area contributed by atoms with Gasteiger partial charge in [-0.15, -0.1) is 11.8 Å². The summed E-state index contributed by atoms with van der Waals surface area (Å²) in [5.41, 5.74) is -0.799. The molecular weight excluding hydrogens is 727 g/mol. The van der Waals surface area contributed by atoms with Crippen molar-refractivity contribution in [2.45, 2.75) is 41.8 Å². The standard InChI is InChI=1S/C31H25BrF3N3O7S2/c1-11(29(42)43)38-27(40)22-14-9-15(23(22)28(38)41)24-21(14)20(25-26(46-24)37-30(44)47-25)13-8-12(32)6-7-18(13)45-10-19(39)36-17-5-3-2-4-16(17)31(33,34)35/h2-8,11,14-15,20-24H,9-10H2,1H3,(H,36,39)(H,37,44)(H,42,43)/t11?,14?,15?,20-,21?,22?,23?,24?/m1/s1. The number of aromatic amines is 1. The van der Waals surface area contributed by atoms with E-state index in [-0.39, 0.29) is 33.6 Å². The molecule has 7 unspecified atom stereocenters. The zero-order valence-electron chi connectivity index (χ0n) is 24.2. The first kappa shape index (κ1) is 31.9. The summed E-state index contributed by atoms with van der Waals surface area (Å²) in [6.07, 6.45) is -4.10. The fraction of sp³-hybridized carbons (Fsp3) is 0.387. The molecule has 1 aromatic heterocycles. The second-order valence-electron chi connectivity index (χ2n) is 12.1. The Morgan fingerprint density at radius 3 is 2.53 bits per heavy atom. The van der Waals surface area contributed by atoms with Gasteiger partial charge in [-0.25, -0.2) is 4.79 Å². The largest absolute Gasteiger partial charge is 0.483 e. The second-order valence-corrected chi connectivity index (χ2v) is 15.2. The average molecular weight is 753 g/mol. The van der Waals surface area contributed by atoms with Crippen molar-refractivity contribution in [1.29, 1.82) is 0 Å². The lowest BCUT2D eigenvalue weighted by molar-refractivity contribution is -0.154. The number of halogens is 4. The Labute approximate surface area is 281 Å². The number of alkyl halides is 3. The summed E-state index contributed by atoms with van der Waals surface area (Å²) < 4.78 is 47.1. The van der Waals surface area contributed by atoms with Crippen molar-refractivity contribution in [3.63, 3.8) is 0 Å². The van der Waals surface area contributed by atoms with Crippen LogP contribution >= 0.6 is 39.0 Å². The van der Waals surface area contributed by atoms with E-state index in [1.807, 2.05) is 0 Å². The van der Waals surface area contributed by atoms with Gasteiger partial charge in [-0.05, 0) is 61.4 Å². The van der Waals surface area contributed by atoms with Crippen LogP contribution in [0.4, 0.5) is 18.9 Å². The fourth-order valence-corrected chi connectivity index (χ4v) is 11.2. The number of nitrogens with one attached hydrogen (secondary N) is 2. The number of carbonyl (C=O) groups excluding carboxylic acids is 3. The summed E-state index contributed by atoms with van der Waals surface area (Å²) in [5.74, 6) is -5.43. The topological polar surface area (TPSA) is 146 Å². The summed E-state index contributed by atoms with van der Waals surface area (Å²) in [7, 11) is 0. The molecule has 2 bridgehead atoms. The number of hydrogen-bond donors (Lipinski definition) is 3. The first-order valence-electron chi connectivity index (χ1n) is 14.6. The minimum Gasteiger partial charge on any atom is -0.483 e. The molecule has 2 aliphatic heterocycles. The van der Waals surface area contributed by atoms with E-state index in [0.717, 1.165) is 28.4 Å². The Hall–Kier alpha value is -3.63. The van der Waals surface area contributed by atoms with Gasteiger partial charge in [0, 0.05) is 26.1 Å². The van der Waals surface area contributed by atoms with Crippen LogP contribution in [0.5, 0.6) is 5.75 Å². The maximum atomic E-state index is 13.7. The van der Waals surface area contributed by atoms with E-state index in [9.17, 15) is 42.3 Å². The number of ether oxygens (including phenoxy) is 1. The van der Waals surface area contributed by atoms with Crippen molar-refractivity contribution in [3.8, 4) is 5.75 Å². The Morgan fingerprint density at radius 2 is 1.83 bits per heavy atom. The Kier molecular flexibility index (Phi) is 7.82. The number of para-hydroxylation sites is 1. The van der Waals surface area contributed by atoms with Crippen LogP contribution < -0.4 is 14.9 Å². The van der Waals surface area contributed by atoms with Crippen molar-refractivity contribution >= 4 is 68.4 Å². The van der Waals surface area contributed by atoms with Gasteiger partial charge in [0.2, 0.25) is 11.8 Å². The first-order chi connectivity index (χ1) is 22.3. The molecule has 4 aliphatic rings. The van der Waals surface area contributed by atoms with Gasteiger partial charge in [-0.1, -0.05) is 39.4 Å². The molecule has 1 saturated heterocycles. The number of H-pyrrole nitrogens is 1. The number of carbonyl (C=O) groups is 4. The molecule has 3 N–H and O–H groups in total. The smallest absolute Gasteiger partial charge is 0.418 e. The number of amides is 3. The second kappa shape index (κ2) is 11.5. The number of aliphatic carboxylic acids is 1. The number of imide groups is 1. The third-order valence-corrected chi connectivity index (χ3v) is 12.8. The number of likely N-dealkylation sites (tertiary alicyclic amines) is 1. The Bertz CT molecular complexity index is 1900. The number of nitrogens with zero attached hydrogens (tertiary/aromatic N) is 1. The summed E-state index contributed by atoms with van der Waals surface area (Å²) in [6.45, 7) is 0.704. The van der Waals surface area contributed by atoms with E-state index in [0.29, 0.717) is 26.4 Å². The molecular formula is C31H25BrF3N3O7S2. The van der Waals surface area contributed by atoms with Gasteiger partial charge in [-0.2, -0.15) is 13.2 Å². The van der Waals surface area contributed by atoms with Gasteiger partial charge in [-0.3, -0.25) is 24.1 Å². The highest BCUT2D eigenvalue weighted by molar-refractivity contribution is 9.10. The number of benzene rings is 2. The number of hydrogen-bond acceptors (Lipinski definition) is 8. The molecule has 47 heavy (non-hydrogen) atoms. The normalized spacial score (nSPS) is 28.1. The van der Waals surface area contributed by atoms with Gasteiger partial charge in [0.15, 0.2) is 6.61 Å². The van der Waals surface area contributed by atoms with Crippen LogP contribution in [0.25, 0.3) is 0 Å². The lowest BCUT2D eigenvalue weighted by Gasteiger charge is -2.43. The van der Waals surface area contributed by atoms with Crippen molar-refractivity contribution in [2.75, 3.05) is 11.9 Å². The van der Waals surface area contributed by atoms with E-state index >= 15 is 0 Å². The minimum atomic E-state index is -4.68. The number of thioether (sulfide) groups is 1. The van der Waals surface area contributed by atoms with Gasteiger partial charge in [0.25, 0.3) is 5.91 Å². The number of anilines is 1. The van der Waals surface area contributed by atoms with Gasteiger partial charge in [0.1, 0.15) is 11.8 Å². The number of thiazole rings is 1. The van der Waals surface area contributed by atoms with Gasteiger partial charge < -0.3 is 20.1 Å². The quantitative estimate of drug-likeness (QED) is 0.280. The molecule has 3 aromatic rings. The molecule has 10 nitrogen and oxygen atoms in total. The molecule has 2 aromatic carbocycles. The van der Waals surface area contributed by atoms with Crippen molar-refractivity contribution in [2.24, 2.45) is 29.6 Å². The Balaban J connectivity index is 1.22. The van der Waals surface area contributed by atoms with Crippen molar-refractivity contribution < 1.29 is 42.2 Å². The average Bonchev–Trinajstić information content (AvgIpc) is 3.74. The minimum absolute atomic E-state index is 0.185. The highest BCUT2D eigenvalue weighted by Gasteiger charge is 2.70. The van der Waals surface area contributed by atoms with Gasteiger partial charge >= 0.3 is 17.0 Å². The maximum absolute atomic E-state index is 13.7. The summed E-state index contributed by atoms with van der Waals surface area (Å²) in [5, 5.41) is 12.3. The SMILES string of the molecule is CC(C(=O)O)N1C(=O)C2C3CC(C2C1=O)C1C3Sc2[nH]c(=O)sc2[C@@H]1c1cc(Br)ccc1OCC(=O)Nc1ccccc1C(F)(F)F. The number of fused-ring (bicyclic) bond motifs is 9. The number of rotatable bonds is 7. The monoisotopic (exact) mass is 751 g/mol. The van der Waals surface area contributed by atoms with E-state index < -0.39 is 71.5 Å². The van der Waals surface area contributed by atoms with Crippen LogP contribution in [0.1, 0.15) is 35.3 Å². The lowest BCUT2D eigenvalue weighted by Crippen LogP contribution is -2.44. The Morgan fingerprint density at radius 1 is 1.13 bits per heavy atom. The van der Waals surface area contributed by atoms with Crippen LogP contribution in [0.3, 0.4) is 0 Å². The fourth-order valence-electron chi connectivity index (χ4n) is 7.94. The number of carboxylic acids is 1. The predicted molar refractivity (Wildman–Crippen MR) is 167 cm³/mol. The van der Waals surface area contributed by atoms with Crippen LogP contribution in [0.15, 0.2) is 56.8 Å². The third kappa shape index (κ3) is 5.19. The van der Waals surface area contributed by atoms with Crippen LogP contribution in [0.2, 0.25) is 0 Å². The van der Waals surface area contributed by atoms with Crippen LogP contribution in [-0.2, 0) is 25.4 Å². The molecule has 2 aliphatic carbocycles. The van der Waals surface area contributed by atoms with Crippen molar-refractivity contribution in [3.05, 3.63) is 72.6 Å². The molecule has 2 saturated carbocycles. The summed E-state index contributed by atoms with van der Waals surface area (Å²) in [6, 6.07) is 8.41. The molecule has 3 heterocycles. The zero-order valence-corrected chi connectivity index (χ0v) is 27.5. The van der Waals surface area contributed by atoms with Crippen LogP contribution in [0, 0.1) is 29.6 Å². The molecule has 246 valence electrons. The number of carboxylic acid groups (broad SMARTS) is 1. The summed E-state index contributed by atoms with van der Waals surface area (Å²) >= 11 is 5.98. The van der Waals surface area contributed by atoms with E-state index in [1.54, 1.807) is 18.2 Å². The first-order valence-corrected chi connectivity index (χ1v) is 17.1. The molecule has 7 rings (SSSR count). The van der Waals surface area contributed by atoms with E-state index in [1.165, 1.54) is 30.8 Å². The van der Waals surface area contributed by atoms with E-state index in [2.05, 4.69) is 26.2 Å². The highest BCUT2D eigenvalue weighted by atomic mass is 79.9. The highest BCUT2D eigenvalue weighted by Crippen LogP contribution is 2.69. The molecule has 3 amide bonds. The molecule has 16 heteroatoms. The molecule has 0 radical (unpaired) electrons. The predicted octanol–water partition coefficient (Wildman–Crippen LogP) is 5.18. The lowest BCUT2D eigenvalue weighted by atomic mass is 9.68. The van der Waals surface area contributed by atoms with E-state index in [4.69, 9.17) is 4.74 Å². The maximum Gasteiger partial charge on any atom is 0.418 e. The third-order valence-electron chi connectivity index (χ3n) is 9.67. The number of aromatic nitrogens is 1.